The maximum absolute atomic E-state index is 12.3. The molecule has 0 spiro atoms. The van der Waals surface area contributed by atoms with E-state index in [9.17, 15) is 4.79 Å². The molecule has 3 rings (SSSR count). The molecule has 3 aromatic rings. The highest BCUT2D eigenvalue weighted by molar-refractivity contribution is 6.01. The third-order valence-electron chi connectivity index (χ3n) is 3.43. The van der Waals surface area contributed by atoms with Gasteiger partial charge in [-0.15, -0.1) is 0 Å². The fraction of sp³-hybridized carbons (Fsp3) is 0.111. The van der Waals surface area contributed by atoms with E-state index in [0.29, 0.717) is 17.1 Å². The van der Waals surface area contributed by atoms with E-state index < -0.39 is 0 Å². The van der Waals surface area contributed by atoms with E-state index in [1.807, 2.05) is 43.3 Å². The third kappa shape index (κ3) is 3.23. The van der Waals surface area contributed by atoms with E-state index in [1.165, 1.54) is 13.3 Å². The lowest BCUT2D eigenvalue weighted by Gasteiger charge is -2.09. The molecule has 0 aliphatic carbocycles. The van der Waals surface area contributed by atoms with E-state index in [-0.39, 0.29) is 5.91 Å². The number of hydrazone groups is 1. The number of methoxy groups -OCH3 is 1. The molecule has 116 valence electrons. The van der Waals surface area contributed by atoms with Crippen molar-refractivity contribution in [2.45, 2.75) is 6.92 Å². The lowest BCUT2D eigenvalue weighted by Crippen LogP contribution is -2.18. The van der Waals surface area contributed by atoms with Crippen LogP contribution in [0.25, 0.3) is 10.8 Å². The number of carbonyl (C=O) groups excluding carboxylic acids is 1. The van der Waals surface area contributed by atoms with Crippen LogP contribution in [0.1, 0.15) is 21.9 Å². The van der Waals surface area contributed by atoms with Crippen molar-refractivity contribution in [1.82, 2.24) is 5.43 Å². The number of nitrogens with one attached hydrogen (secondary N) is 1. The lowest BCUT2D eigenvalue weighted by atomic mass is 10.1. The second kappa shape index (κ2) is 6.36. The summed E-state index contributed by atoms with van der Waals surface area (Å²) in [7, 11) is 1.54. The van der Waals surface area contributed by atoms with Gasteiger partial charge >= 0.3 is 0 Å². The number of aryl methyl sites for hydroxylation is 1. The summed E-state index contributed by atoms with van der Waals surface area (Å²) in [5, 5.41) is 5.88. The Hall–Kier alpha value is -3.08. The number of hydrogen-bond acceptors (Lipinski definition) is 4. The van der Waals surface area contributed by atoms with Crippen LogP contribution >= 0.6 is 0 Å². The van der Waals surface area contributed by atoms with Crippen LogP contribution in [-0.4, -0.2) is 19.2 Å². The predicted molar refractivity (Wildman–Crippen MR) is 89.0 cm³/mol. The summed E-state index contributed by atoms with van der Waals surface area (Å²) in [6.07, 6.45) is 1.46. The maximum atomic E-state index is 12.3. The Morgan fingerprint density at radius 2 is 1.91 bits per heavy atom. The summed E-state index contributed by atoms with van der Waals surface area (Å²) in [5.41, 5.74) is 2.92. The van der Waals surface area contributed by atoms with Crippen molar-refractivity contribution in [1.29, 1.82) is 0 Å². The number of furan rings is 1. The van der Waals surface area contributed by atoms with Crippen LogP contribution in [0.15, 0.2) is 58.0 Å². The molecule has 5 heteroatoms. The number of nitrogens with zero attached hydrogens (tertiary/aromatic N) is 1. The first-order chi connectivity index (χ1) is 11.2. The van der Waals surface area contributed by atoms with Gasteiger partial charge in [0.05, 0.1) is 18.9 Å². The fourth-order valence-corrected chi connectivity index (χ4v) is 2.30. The van der Waals surface area contributed by atoms with Gasteiger partial charge in [0.2, 0.25) is 0 Å². The average molecular weight is 308 g/mol. The molecule has 0 unspecified atom stereocenters. The van der Waals surface area contributed by atoms with Crippen molar-refractivity contribution >= 4 is 22.9 Å². The average Bonchev–Trinajstić information content (AvgIpc) is 2.98. The summed E-state index contributed by atoms with van der Waals surface area (Å²) < 4.78 is 10.7. The second-order valence-corrected chi connectivity index (χ2v) is 5.05. The highest BCUT2D eigenvalue weighted by Crippen LogP contribution is 2.25. The topological polar surface area (TPSA) is 63.8 Å². The van der Waals surface area contributed by atoms with Crippen molar-refractivity contribution in [2.24, 2.45) is 5.10 Å². The van der Waals surface area contributed by atoms with Gasteiger partial charge in [0, 0.05) is 0 Å². The van der Waals surface area contributed by atoms with Gasteiger partial charge in [-0.2, -0.15) is 5.10 Å². The van der Waals surface area contributed by atoms with E-state index in [0.717, 1.165) is 16.5 Å². The van der Waals surface area contributed by atoms with Crippen molar-refractivity contribution in [3.05, 3.63) is 65.6 Å². The molecular formula is C18H16N2O3. The normalized spacial score (nSPS) is 11.0. The molecule has 1 amide bonds. The van der Waals surface area contributed by atoms with E-state index >= 15 is 0 Å². The highest BCUT2D eigenvalue weighted by atomic mass is 16.5. The summed E-state index contributed by atoms with van der Waals surface area (Å²) in [6, 6.07) is 15.0. The molecule has 1 N–H and O–H groups in total. The quantitative estimate of drug-likeness (QED) is 0.592. The smallest absolute Gasteiger partial charge is 0.275 e. The SMILES string of the molecule is COc1cc2ccccc2cc1C(=O)NN=Cc1ccc(C)o1. The van der Waals surface area contributed by atoms with Crippen LogP contribution in [0, 0.1) is 6.92 Å². The minimum atomic E-state index is -0.341. The van der Waals surface area contributed by atoms with Crippen LogP contribution in [0.4, 0.5) is 0 Å². The minimum Gasteiger partial charge on any atom is -0.496 e. The van der Waals surface area contributed by atoms with Gasteiger partial charge in [-0.25, -0.2) is 5.43 Å². The molecule has 5 nitrogen and oxygen atoms in total. The molecule has 2 aromatic carbocycles. The van der Waals surface area contributed by atoms with Gasteiger partial charge in [-0.05, 0) is 42.0 Å². The monoisotopic (exact) mass is 308 g/mol. The standard InChI is InChI=1S/C18H16N2O3/c1-12-7-8-15(23-12)11-19-20-18(21)16-9-13-5-3-4-6-14(13)10-17(16)22-2/h3-11H,1-2H3,(H,20,21). The molecule has 0 aliphatic rings. The van der Waals surface area contributed by atoms with Gasteiger partial charge in [-0.1, -0.05) is 24.3 Å². The Bertz CT molecular complexity index is 881. The Morgan fingerprint density at radius 1 is 1.17 bits per heavy atom. The van der Waals surface area contributed by atoms with Crippen molar-refractivity contribution in [2.75, 3.05) is 7.11 Å². The summed E-state index contributed by atoms with van der Waals surface area (Å²) in [4.78, 5) is 12.3. The molecule has 0 saturated carbocycles. The zero-order valence-corrected chi connectivity index (χ0v) is 12.9. The van der Waals surface area contributed by atoms with Crippen LogP contribution in [-0.2, 0) is 0 Å². The molecule has 0 atom stereocenters. The van der Waals surface area contributed by atoms with Crippen molar-refractivity contribution < 1.29 is 13.9 Å². The predicted octanol–water partition coefficient (Wildman–Crippen LogP) is 3.51. The molecule has 0 radical (unpaired) electrons. The molecule has 0 aliphatic heterocycles. The van der Waals surface area contributed by atoms with Crippen molar-refractivity contribution in [3.8, 4) is 5.75 Å². The highest BCUT2D eigenvalue weighted by Gasteiger charge is 2.13. The Morgan fingerprint density at radius 3 is 2.57 bits per heavy atom. The zero-order chi connectivity index (χ0) is 16.2. The molecule has 1 heterocycles. The van der Waals surface area contributed by atoms with Gasteiger partial charge < -0.3 is 9.15 Å². The summed E-state index contributed by atoms with van der Waals surface area (Å²) >= 11 is 0. The summed E-state index contributed by atoms with van der Waals surface area (Å²) in [5.74, 6) is 1.53. The number of amides is 1. The Balaban J connectivity index is 1.83. The second-order valence-electron chi connectivity index (χ2n) is 5.05. The lowest BCUT2D eigenvalue weighted by molar-refractivity contribution is 0.0952. The number of rotatable bonds is 4. The number of carbonyl (C=O) groups is 1. The molecular weight excluding hydrogens is 292 g/mol. The minimum absolute atomic E-state index is 0.341. The summed E-state index contributed by atoms with van der Waals surface area (Å²) in [6.45, 7) is 1.84. The first-order valence-electron chi connectivity index (χ1n) is 7.14. The van der Waals surface area contributed by atoms with Gasteiger partial charge in [0.15, 0.2) is 0 Å². The van der Waals surface area contributed by atoms with E-state index in [1.54, 1.807) is 12.1 Å². The van der Waals surface area contributed by atoms with Crippen LogP contribution in [0.2, 0.25) is 0 Å². The molecule has 1 aromatic heterocycles. The zero-order valence-electron chi connectivity index (χ0n) is 12.9. The molecule has 0 saturated heterocycles. The number of fused-ring (bicyclic) bond motifs is 1. The largest absolute Gasteiger partial charge is 0.496 e. The van der Waals surface area contributed by atoms with Crippen LogP contribution < -0.4 is 10.2 Å². The molecule has 0 fully saturated rings. The van der Waals surface area contributed by atoms with Gasteiger partial charge in [0.1, 0.15) is 17.3 Å². The first-order valence-corrected chi connectivity index (χ1v) is 7.14. The van der Waals surface area contributed by atoms with Gasteiger partial charge in [-0.3, -0.25) is 4.79 Å². The fourth-order valence-electron chi connectivity index (χ4n) is 2.30. The van der Waals surface area contributed by atoms with Crippen LogP contribution in [0.5, 0.6) is 5.75 Å². The first kappa shape index (κ1) is 14.8. The number of hydrogen-bond donors (Lipinski definition) is 1. The molecule has 23 heavy (non-hydrogen) atoms. The Kier molecular flexibility index (Phi) is 4.10. The van der Waals surface area contributed by atoms with E-state index in [4.69, 9.17) is 9.15 Å². The van der Waals surface area contributed by atoms with E-state index in [2.05, 4.69) is 10.5 Å². The van der Waals surface area contributed by atoms with Crippen LogP contribution in [0.3, 0.4) is 0 Å². The Labute approximate surface area is 133 Å². The molecule has 0 bridgehead atoms. The van der Waals surface area contributed by atoms with Crippen molar-refractivity contribution in [3.63, 3.8) is 0 Å². The number of benzene rings is 2. The maximum Gasteiger partial charge on any atom is 0.275 e. The third-order valence-corrected chi connectivity index (χ3v) is 3.43. The van der Waals surface area contributed by atoms with Gasteiger partial charge in [0.25, 0.3) is 5.91 Å². The number of ether oxygens (including phenoxy) is 1.